The van der Waals surface area contributed by atoms with Crippen molar-refractivity contribution in [3.05, 3.63) is 54.1 Å². The Kier molecular flexibility index (Phi) is 10.7. The van der Waals surface area contributed by atoms with Crippen LogP contribution in [0.3, 0.4) is 0 Å². The molecule has 1 amide bonds. The third kappa shape index (κ3) is 6.41. The Morgan fingerprint density at radius 2 is 1.59 bits per heavy atom. The number of rotatable bonds is 4. The molecular formula is C24H35NO4. The van der Waals surface area contributed by atoms with E-state index >= 15 is 0 Å². The lowest BCUT2D eigenvalue weighted by atomic mass is 9.90. The van der Waals surface area contributed by atoms with Crippen LogP contribution in [0.1, 0.15) is 46.1 Å². The smallest absolute Gasteiger partial charge is 0.409 e. The van der Waals surface area contributed by atoms with E-state index in [2.05, 4.69) is 6.92 Å². The SMILES string of the molecule is CC.CC.COC(=O)N1C[C@H](C)[C@H](c2ccc(OC)c(Oc3ccccc3)c2)C1. The van der Waals surface area contributed by atoms with Gasteiger partial charge in [-0.05, 0) is 35.7 Å². The molecule has 29 heavy (non-hydrogen) atoms. The van der Waals surface area contributed by atoms with E-state index in [9.17, 15) is 4.79 Å². The van der Waals surface area contributed by atoms with Crippen molar-refractivity contribution in [2.45, 2.75) is 40.5 Å². The Morgan fingerprint density at radius 1 is 0.931 bits per heavy atom. The minimum Gasteiger partial charge on any atom is -0.493 e. The van der Waals surface area contributed by atoms with Crippen LogP contribution in [-0.4, -0.2) is 38.3 Å². The molecule has 1 fully saturated rings. The molecule has 1 aliphatic heterocycles. The van der Waals surface area contributed by atoms with E-state index in [-0.39, 0.29) is 12.0 Å². The molecule has 2 aromatic rings. The molecule has 0 unspecified atom stereocenters. The Labute approximate surface area is 175 Å². The summed E-state index contributed by atoms with van der Waals surface area (Å²) in [4.78, 5) is 13.6. The molecule has 0 spiro atoms. The summed E-state index contributed by atoms with van der Waals surface area (Å²) in [5.74, 6) is 2.70. The topological polar surface area (TPSA) is 48.0 Å². The first-order valence-corrected chi connectivity index (χ1v) is 10.4. The standard InChI is InChI=1S/C20H23NO4.2C2H6/c1-14-12-21(20(22)24-3)13-17(14)15-9-10-18(23-2)19(11-15)25-16-7-5-4-6-8-16;2*1-2/h4-11,14,17H,12-13H2,1-3H3;2*1-2H3/t14-,17+;;/m0../s1. The van der Waals surface area contributed by atoms with Gasteiger partial charge in [0.25, 0.3) is 0 Å². The highest BCUT2D eigenvalue weighted by Crippen LogP contribution is 2.38. The summed E-state index contributed by atoms with van der Waals surface area (Å²) in [5.41, 5.74) is 1.13. The molecular weight excluding hydrogens is 366 g/mol. The van der Waals surface area contributed by atoms with Crippen LogP contribution in [0, 0.1) is 5.92 Å². The van der Waals surface area contributed by atoms with Crippen molar-refractivity contribution in [1.29, 1.82) is 0 Å². The minimum atomic E-state index is -0.274. The van der Waals surface area contributed by atoms with Gasteiger partial charge in [-0.3, -0.25) is 0 Å². The van der Waals surface area contributed by atoms with Gasteiger partial charge in [-0.2, -0.15) is 0 Å². The quantitative estimate of drug-likeness (QED) is 0.599. The third-order valence-electron chi connectivity index (χ3n) is 4.63. The predicted molar refractivity (Wildman–Crippen MR) is 118 cm³/mol. The van der Waals surface area contributed by atoms with Crippen LogP contribution >= 0.6 is 0 Å². The maximum Gasteiger partial charge on any atom is 0.409 e. The second-order valence-electron chi connectivity index (χ2n) is 6.28. The molecule has 0 bridgehead atoms. The molecule has 5 heteroatoms. The Balaban J connectivity index is 0.000000989. The van der Waals surface area contributed by atoms with Crippen molar-refractivity contribution in [3.63, 3.8) is 0 Å². The van der Waals surface area contributed by atoms with Gasteiger partial charge in [0.2, 0.25) is 0 Å². The number of hydrogen-bond acceptors (Lipinski definition) is 4. The summed E-state index contributed by atoms with van der Waals surface area (Å²) >= 11 is 0. The van der Waals surface area contributed by atoms with Gasteiger partial charge in [0.1, 0.15) is 5.75 Å². The van der Waals surface area contributed by atoms with Crippen LogP contribution in [0.4, 0.5) is 4.79 Å². The first-order valence-electron chi connectivity index (χ1n) is 10.4. The first kappa shape index (κ1) is 24.3. The van der Waals surface area contributed by atoms with Crippen molar-refractivity contribution in [1.82, 2.24) is 4.90 Å². The van der Waals surface area contributed by atoms with Crippen LogP contribution in [0.15, 0.2) is 48.5 Å². The van der Waals surface area contributed by atoms with Crippen LogP contribution in [0.25, 0.3) is 0 Å². The molecule has 1 aliphatic rings. The largest absolute Gasteiger partial charge is 0.493 e. The van der Waals surface area contributed by atoms with Crippen molar-refractivity contribution < 1.29 is 19.0 Å². The fourth-order valence-electron chi connectivity index (χ4n) is 3.30. The maximum atomic E-state index is 11.8. The monoisotopic (exact) mass is 401 g/mol. The Bertz CT molecular complexity index is 733. The fourth-order valence-corrected chi connectivity index (χ4v) is 3.30. The predicted octanol–water partition coefficient (Wildman–Crippen LogP) is 6.34. The number of amides is 1. The number of carbonyl (C=O) groups excluding carboxylic acids is 1. The number of carbonyl (C=O) groups is 1. The van der Waals surface area contributed by atoms with Gasteiger partial charge < -0.3 is 19.1 Å². The number of hydrogen-bond donors (Lipinski definition) is 0. The molecule has 3 rings (SSSR count). The fraction of sp³-hybridized carbons (Fsp3) is 0.458. The normalized spacial score (nSPS) is 17.3. The van der Waals surface area contributed by atoms with Gasteiger partial charge in [0.15, 0.2) is 11.5 Å². The highest BCUT2D eigenvalue weighted by Gasteiger charge is 2.34. The Hall–Kier alpha value is -2.69. The molecule has 1 heterocycles. The highest BCUT2D eigenvalue weighted by molar-refractivity contribution is 5.68. The van der Waals surface area contributed by atoms with Crippen LogP contribution in [0.5, 0.6) is 17.2 Å². The van der Waals surface area contributed by atoms with Crippen molar-refractivity contribution >= 4 is 6.09 Å². The third-order valence-corrected chi connectivity index (χ3v) is 4.63. The molecule has 2 atom stereocenters. The van der Waals surface area contributed by atoms with E-state index in [1.54, 1.807) is 12.0 Å². The number of para-hydroxylation sites is 1. The summed E-state index contributed by atoms with van der Waals surface area (Å²) < 4.78 is 16.3. The van der Waals surface area contributed by atoms with Gasteiger partial charge >= 0.3 is 6.09 Å². The number of benzene rings is 2. The van der Waals surface area contributed by atoms with Gasteiger partial charge in [-0.1, -0.05) is 58.9 Å². The number of nitrogens with zero attached hydrogens (tertiary/aromatic N) is 1. The average molecular weight is 402 g/mol. The number of likely N-dealkylation sites (tertiary alicyclic amines) is 1. The van der Waals surface area contributed by atoms with Gasteiger partial charge in [0, 0.05) is 19.0 Å². The lowest BCUT2D eigenvalue weighted by Gasteiger charge is -2.18. The zero-order valence-corrected chi connectivity index (χ0v) is 18.8. The van der Waals surface area contributed by atoms with E-state index < -0.39 is 0 Å². The van der Waals surface area contributed by atoms with Crippen LogP contribution in [0.2, 0.25) is 0 Å². The van der Waals surface area contributed by atoms with E-state index in [4.69, 9.17) is 14.2 Å². The van der Waals surface area contributed by atoms with Gasteiger partial charge in [-0.25, -0.2) is 4.79 Å². The lowest BCUT2D eigenvalue weighted by Crippen LogP contribution is -2.28. The van der Waals surface area contributed by atoms with E-state index in [1.807, 2.05) is 76.2 Å². The summed E-state index contributed by atoms with van der Waals surface area (Å²) in [5, 5.41) is 0. The molecule has 1 saturated heterocycles. The van der Waals surface area contributed by atoms with Crippen LogP contribution < -0.4 is 9.47 Å². The summed E-state index contributed by atoms with van der Waals surface area (Å²) in [6.07, 6.45) is -0.274. The molecule has 0 saturated carbocycles. The molecule has 160 valence electrons. The number of ether oxygens (including phenoxy) is 3. The second kappa shape index (κ2) is 12.7. The minimum absolute atomic E-state index is 0.239. The zero-order valence-electron chi connectivity index (χ0n) is 18.8. The van der Waals surface area contributed by atoms with Gasteiger partial charge in [0.05, 0.1) is 14.2 Å². The summed E-state index contributed by atoms with van der Waals surface area (Å²) in [7, 11) is 3.05. The molecule has 5 nitrogen and oxygen atoms in total. The van der Waals surface area contributed by atoms with E-state index in [1.165, 1.54) is 7.11 Å². The molecule has 0 radical (unpaired) electrons. The van der Waals surface area contributed by atoms with E-state index in [0.29, 0.717) is 30.5 Å². The average Bonchev–Trinajstić information content (AvgIpc) is 3.18. The summed E-state index contributed by atoms with van der Waals surface area (Å²) in [6, 6.07) is 15.6. The van der Waals surface area contributed by atoms with Crippen molar-refractivity contribution in [2.24, 2.45) is 5.92 Å². The molecule has 0 aliphatic carbocycles. The van der Waals surface area contributed by atoms with Crippen molar-refractivity contribution in [2.75, 3.05) is 27.3 Å². The Morgan fingerprint density at radius 3 is 2.17 bits per heavy atom. The zero-order chi connectivity index (χ0) is 21.8. The van der Waals surface area contributed by atoms with Crippen LogP contribution in [-0.2, 0) is 4.74 Å². The first-order chi connectivity index (χ1) is 14.1. The molecule has 0 N–H and O–H groups in total. The second-order valence-corrected chi connectivity index (χ2v) is 6.28. The van der Waals surface area contributed by atoms with Crippen molar-refractivity contribution in [3.8, 4) is 17.2 Å². The molecule has 2 aromatic carbocycles. The maximum absolute atomic E-state index is 11.8. The number of methoxy groups -OCH3 is 2. The molecule has 0 aromatic heterocycles. The van der Waals surface area contributed by atoms with Gasteiger partial charge in [-0.15, -0.1) is 0 Å². The highest BCUT2D eigenvalue weighted by atomic mass is 16.5. The van der Waals surface area contributed by atoms with E-state index in [0.717, 1.165) is 11.3 Å². The summed E-state index contributed by atoms with van der Waals surface area (Å²) in [6.45, 7) is 11.5. The lowest BCUT2D eigenvalue weighted by molar-refractivity contribution is 0.131.